The number of benzene rings is 2. The lowest BCUT2D eigenvalue weighted by Gasteiger charge is -2.33. The van der Waals surface area contributed by atoms with Crippen LogP contribution in [-0.2, 0) is 0 Å². The second-order valence-electron chi connectivity index (χ2n) is 7.50. The molecule has 3 aromatic rings. The van der Waals surface area contributed by atoms with E-state index in [4.69, 9.17) is 4.74 Å². The largest absolute Gasteiger partial charge is 0.489 e. The minimum Gasteiger partial charge on any atom is -0.489 e. The standard InChI is InChI=1S/C22H21N3O3S/c1-29-20-17-12-23-24-18(17)10-11-19(20)28-14-8-6-13(7-9-14)25-21(26)15-4-2-3-5-16(15)22(25)27/h2-5,10-14H,6-9H2,1H3,(H,23,24). The molecule has 0 unspecified atom stereocenters. The van der Waals surface area contributed by atoms with E-state index in [2.05, 4.69) is 10.2 Å². The smallest absolute Gasteiger partial charge is 0.261 e. The van der Waals surface area contributed by atoms with E-state index in [1.54, 1.807) is 36.0 Å². The highest BCUT2D eigenvalue weighted by Gasteiger charge is 2.41. The highest BCUT2D eigenvalue weighted by atomic mass is 32.2. The Hall–Kier alpha value is -2.80. The van der Waals surface area contributed by atoms with Gasteiger partial charge in [-0.25, -0.2) is 0 Å². The Balaban J connectivity index is 1.28. The third kappa shape index (κ3) is 3.00. The molecule has 0 spiro atoms. The molecule has 7 heteroatoms. The van der Waals surface area contributed by atoms with Gasteiger partial charge >= 0.3 is 0 Å². The summed E-state index contributed by atoms with van der Waals surface area (Å²) >= 11 is 1.65. The van der Waals surface area contributed by atoms with E-state index < -0.39 is 0 Å². The summed E-state index contributed by atoms with van der Waals surface area (Å²) in [7, 11) is 0. The molecule has 1 aliphatic carbocycles. The van der Waals surface area contributed by atoms with Crippen molar-refractivity contribution in [2.45, 2.75) is 42.7 Å². The number of H-pyrrole nitrogens is 1. The van der Waals surface area contributed by atoms with E-state index in [0.29, 0.717) is 11.1 Å². The molecule has 6 nitrogen and oxygen atoms in total. The normalized spacial score (nSPS) is 21.6. The number of thioether (sulfide) groups is 1. The van der Waals surface area contributed by atoms with E-state index in [1.807, 2.05) is 24.6 Å². The first kappa shape index (κ1) is 18.2. The Morgan fingerprint density at radius 2 is 1.72 bits per heavy atom. The van der Waals surface area contributed by atoms with Crippen molar-refractivity contribution in [3.8, 4) is 5.75 Å². The number of hydrogen-bond donors (Lipinski definition) is 1. The number of hydrogen-bond acceptors (Lipinski definition) is 5. The number of ether oxygens (including phenoxy) is 1. The summed E-state index contributed by atoms with van der Waals surface area (Å²) in [6.07, 6.45) is 7.10. The van der Waals surface area contributed by atoms with Gasteiger partial charge in [0.25, 0.3) is 11.8 Å². The fourth-order valence-corrected chi connectivity index (χ4v) is 5.12. The molecule has 1 N–H and O–H groups in total. The Morgan fingerprint density at radius 3 is 2.38 bits per heavy atom. The van der Waals surface area contributed by atoms with E-state index in [0.717, 1.165) is 47.2 Å². The Morgan fingerprint density at radius 1 is 1.03 bits per heavy atom. The van der Waals surface area contributed by atoms with Crippen LogP contribution >= 0.6 is 11.8 Å². The lowest BCUT2D eigenvalue weighted by Crippen LogP contribution is -2.43. The van der Waals surface area contributed by atoms with Crippen LogP contribution in [0.3, 0.4) is 0 Å². The number of aromatic nitrogens is 2. The van der Waals surface area contributed by atoms with Crippen molar-refractivity contribution >= 4 is 34.5 Å². The molecule has 5 rings (SSSR count). The first-order valence-electron chi connectivity index (χ1n) is 9.81. The van der Waals surface area contributed by atoms with Crippen LogP contribution in [0.15, 0.2) is 47.5 Å². The Labute approximate surface area is 172 Å². The Kier molecular flexibility index (Phi) is 4.54. The predicted octanol–water partition coefficient (Wildman–Crippen LogP) is 4.27. The zero-order chi connectivity index (χ0) is 20.0. The molecule has 148 valence electrons. The van der Waals surface area contributed by atoms with Crippen molar-refractivity contribution in [2.24, 2.45) is 0 Å². The summed E-state index contributed by atoms with van der Waals surface area (Å²) in [4.78, 5) is 28.0. The number of nitrogens with zero attached hydrogens (tertiary/aromatic N) is 2. The maximum Gasteiger partial charge on any atom is 0.261 e. The summed E-state index contributed by atoms with van der Waals surface area (Å²) in [5.41, 5.74) is 2.04. The number of rotatable bonds is 4. The van der Waals surface area contributed by atoms with Gasteiger partial charge in [0.15, 0.2) is 0 Å². The van der Waals surface area contributed by atoms with E-state index in [-0.39, 0.29) is 24.0 Å². The second kappa shape index (κ2) is 7.22. The van der Waals surface area contributed by atoms with Crippen molar-refractivity contribution in [3.05, 3.63) is 53.7 Å². The predicted molar refractivity (Wildman–Crippen MR) is 111 cm³/mol. The number of nitrogens with one attached hydrogen (secondary N) is 1. The zero-order valence-electron chi connectivity index (χ0n) is 16.1. The lowest BCUT2D eigenvalue weighted by molar-refractivity contribution is 0.0476. The zero-order valence-corrected chi connectivity index (χ0v) is 16.9. The lowest BCUT2D eigenvalue weighted by atomic mass is 9.91. The molecule has 0 radical (unpaired) electrons. The minimum absolute atomic E-state index is 0.0568. The Bertz CT molecular complexity index is 1070. The third-order valence-electron chi connectivity index (χ3n) is 5.87. The molecule has 0 saturated heterocycles. The van der Waals surface area contributed by atoms with Crippen LogP contribution in [0.5, 0.6) is 5.75 Å². The maximum absolute atomic E-state index is 12.7. The highest BCUT2D eigenvalue weighted by Crippen LogP contribution is 2.37. The summed E-state index contributed by atoms with van der Waals surface area (Å²) in [6.45, 7) is 0. The van der Waals surface area contributed by atoms with E-state index >= 15 is 0 Å². The van der Waals surface area contributed by atoms with Gasteiger partial charge in [-0.1, -0.05) is 12.1 Å². The molecule has 1 aliphatic heterocycles. The summed E-state index contributed by atoms with van der Waals surface area (Å²) in [5, 5.41) is 8.17. The van der Waals surface area contributed by atoms with Gasteiger partial charge in [0.2, 0.25) is 0 Å². The molecule has 29 heavy (non-hydrogen) atoms. The monoisotopic (exact) mass is 407 g/mol. The molecule has 2 aromatic carbocycles. The van der Waals surface area contributed by atoms with Crippen molar-refractivity contribution in [1.82, 2.24) is 15.1 Å². The van der Waals surface area contributed by atoms with Crippen LogP contribution in [0.2, 0.25) is 0 Å². The topological polar surface area (TPSA) is 75.3 Å². The maximum atomic E-state index is 12.7. The van der Waals surface area contributed by atoms with Gasteiger partial charge in [0.1, 0.15) is 5.75 Å². The molecule has 0 atom stereocenters. The quantitative estimate of drug-likeness (QED) is 0.516. The molecule has 2 amide bonds. The van der Waals surface area contributed by atoms with Crippen LogP contribution in [0.1, 0.15) is 46.4 Å². The van der Waals surface area contributed by atoms with Crippen molar-refractivity contribution < 1.29 is 14.3 Å². The number of imide groups is 1. The van der Waals surface area contributed by atoms with E-state index in [1.165, 1.54) is 4.90 Å². The molecule has 1 fully saturated rings. The fourth-order valence-electron chi connectivity index (χ4n) is 4.42. The number of amides is 2. The average Bonchev–Trinajstić information content (AvgIpc) is 3.32. The van der Waals surface area contributed by atoms with Gasteiger partial charge in [-0.15, -0.1) is 11.8 Å². The molecule has 2 heterocycles. The van der Waals surface area contributed by atoms with Crippen LogP contribution < -0.4 is 4.74 Å². The average molecular weight is 407 g/mol. The van der Waals surface area contributed by atoms with Gasteiger partial charge in [0, 0.05) is 11.4 Å². The van der Waals surface area contributed by atoms with Crippen LogP contribution in [0, 0.1) is 0 Å². The van der Waals surface area contributed by atoms with Crippen molar-refractivity contribution in [1.29, 1.82) is 0 Å². The summed E-state index contributed by atoms with van der Waals surface area (Å²) in [6, 6.07) is 11.0. The fraction of sp³-hybridized carbons (Fsp3) is 0.318. The first-order chi connectivity index (χ1) is 14.2. The summed E-state index contributed by atoms with van der Waals surface area (Å²) in [5.74, 6) is 0.547. The SMILES string of the molecule is CSc1c(OC2CCC(N3C(=O)c4ccccc4C3=O)CC2)ccc2[nH]ncc12. The first-order valence-corrected chi connectivity index (χ1v) is 11.0. The summed E-state index contributed by atoms with van der Waals surface area (Å²) < 4.78 is 6.33. The van der Waals surface area contributed by atoms with Gasteiger partial charge in [-0.3, -0.25) is 19.6 Å². The van der Waals surface area contributed by atoms with Crippen LogP contribution in [-0.4, -0.2) is 45.3 Å². The number of aromatic amines is 1. The van der Waals surface area contributed by atoms with Gasteiger partial charge < -0.3 is 4.74 Å². The molecule has 1 aromatic heterocycles. The van der Waals surface area contributed by atoms with E-state index in [9.17, 15) is 9.59 Å². The molecular formula is C22H21N3O3S. The molecular weight excluding hydrogens is 386 g/mol. The van der Waals surface area contributed by atoms with Gasteiger partial charge in [0.05, 0.1) is 33.8 Å². The number of carbonyl (C=O) groups is 2. The third-order valence-corrected chi connectivity index (χ3v) is 6.70. The second-order valence-corrected chi connectivity index (χ2v) is 8.32. The number of carbonyl (C=O) groups excluding carboxylic acids is 2. The number of fused-ring (bicyclic) bond motifs is 2. The van der Waals surface area contributed by atoms with Gasteiger partial charge in [-0.2, -0.15) is 5.10 Å². The van der Waals surface area contributed by atoms with Gasteiger partial charge in [-0.05, 0) is 56.2 Å². The molecule has 2 aliphatic rings. The van der Waals surface area contributed by atoms with Crippen molar-refractivity contribution in [2.75, 3.05) is 6.26 Å². The van der Waals surface area contributed by atoms with Crippen LogP contribution in [0.4, 0.5) is 0 Å². The minimum atomic E-state index is -0.162. The van der Waals surface area contributed by atoms with Crippen molar-refractivity contribution in [3.63, 3.8) is 0 Å². The van der Waals surface area contributed by atoms with Crippen LogP contribution in [0.25, 0.3) is 10.9 Å². The highest BCUT2D eigenvalue weighted by molar-refractivity contribution is 7.99. The molecule has 0 bridgehead atoms. The molecule has 1 saturated carbocycles.